The molecule has 3 aliphatic heterocycles. The molecule has 1 N–H and O–H groups in total. The highest BCUT2D eigenvalue weighted by Gasteiger charge is 2.48. The molecule has 3 aromatic rings. The standard InChI is InChI=1S/C34H38N4O6/c1-3-4-15-38(25-9-7-14-35(2)19-25)31(39)21-37-20-27(23-11-12-29-30(17-23)44-22-43-29)32(34(41)42)28(37)13-16-36-18-24-8-5-6-10-26(24)33(36)40/h5-12,14,17,19,27-28,32H,3-4,13,15-16,18,20-22H2,1-2H3/p+1/t27-,28+,32-/m1/s1. The topological polar surface area (TPSA) is 104 Å². The van der Waals surface area contributed by atoms with Crippen LogP contribution in [0.3, 0.4) is 0 Å². The average molecular weight is 600 g/mol. The van der Waals surface area contributed by atoms with Gasteiger partial charge in [0.15, 0.2) is 23.9 Å². The number of fused-ring (bicyclic) bond motifs is 2. The zero-order chi connectivity index (χ0) is 30.8. The second-order valence-electron chi connectivity index (χ2n) is 11.9. The molecule has 1 fully saturated rings. The van der Waals surface area contributed by atoms with Crippen molar-refractivity contribution in [3.05, 3.63) is 83.7 Å². The van der Waals surface area contributed by atoms with E-state index < -0.39 is 17.9 Å². The van der Waals surface area contributed by atoms with Crippen LogP contribution in [0, 0.1) is 5.92 Å². The van der Waals surface area contributed by atoms with Crippen LogP contribution < -0.4 is 18.9 Å². The molecular formula is C34H39N4O6+. The van der Waals surface area contributed by atoms with Crippen molar-refractivity contribution in [1.29, 1.82) is 0 Å². The van der Waals surface area contributed by atoms with Gasteiger partial charge in [0, 0.05) is 49.8 Å². The van der Waals surface area contributed by atoms with E-state index in [0.717, 1.165) is 29.7 Å². The summed E-state index contributed by atoms with van der Waals surface area (Å²) in [5, 5.41) is 10.6. The molecule has 0 aliphatic carbocycles. The van der Waals surface area contributed by atoms with Crippen LogP contribution in [-0.2, 0) is 23.2 Å². The van der Waals surface area contributed by atoms with Crippen molar-refractivity contribution in [2.24, 2.45) is 13.0 Å². The SMILES string of the molecule is CCCCN(C(=O)CN1C[C@H](c2ccc3c(c2)OCO3)[C@@H](C(=O)O)[C@@H]1CCN1Cc2ccccc2C1=O)c1ccc[n+](C)c1. The largest absolute Gasteiger partial charge is 0.481 e. The Kier molecular flexibility index (Phi) is 8.52. The van der Waals surface area contributed by atoms with Crippen molar-refractivity contribution in [3.8, 4) is 11.5 Å². The van der Waals surface area contributed by atoms with E-state index in [-0.39, 0.29) is 31.1 Å². The Bertz CT molecular complexity index is 1560. The van der Waals surface area contributed by atoms with E-state index in [1.807, 2.05) is 88.4 Å². The summed E-state index contributed by atoms with van der Waals surface area (Å²) in [5.74, 6) is -0.941. The van der Waals surface area contributed by atoms with Crippen molar-refractivity contribution < 1.29 is 33.5 Å². The predicted octanol–water partition coefficient (Wildman–Crippen LogP) is 3.59. The van der Waals surface area contributed by atoms with Gasteiger partial charge in [0.2, 0.25) is 12.7 Å². The molecule has 0 radical (unpaired) electrons. The first-order valence-electron chi connectivity index (χ1n) is 15.3. The zero-order valence-electron chi connectivity index (χ0n) is 25.2. The van der Waals surface area contributed by atoms with Gasteiger partial charge in [-0.05, 0) is 48.2 Å². The van der Waals surface area contributed by atoms with E-state index in [4.69, 9.17) is 9.47 Å². The first-order chi connectivity index (χ1) is 21.3. The Labute approximate surface area is 257 Å². The Morgan fingerprint density at radius 3 is 2.68 bits per heavy atom. The number of aromatic nitrogens is 1. The van der Waals surface area contributed by atoms with Gasteiger partial charge in [0.25, 0.3) is 5.91 Å². The first-order valence-corrected chi connectivity index (χ1v) is 15.3. The summed E-state index contributed by atoms with van der Waals surface area (Å²) in [4.78, 5) is 45.8. The molecule has 1 saturated heterocycles. The molecule has 6 rings (SSSR count). The maximum atomic E-state index is 14.0. The number of unbranched alkanes of at least 4 members (excludes halogenated alkanes) is 1. The van der Waals surface area contributed by atoms with Gasteiger partial charge >= 0.3 is 5.97 Å². The van der Waals surface area contributed by atoms with Gasteiger partial charge in [0.1, 0.15) is 12.7 Å². The summed E-state index contributed by atoms with van der Waals surface area (Å²) in [6.07, 6.45) is 6.08. The molecule has 10 nitrogen and oxygen atoms in total. The van der Waals surface area contributed by atoms with Gasteiger partial charge in [0.05, 0.1) is 12.5 Å². The Morgan fingerprint density at radius 1 is 1.09 bits per heavy atom. The van der Waals surface area contributed by atoms with Gasteiger partial charge in [-0.3, -0.25) is 19.3 Å². The number of hydrogen-bond donors (Lipinski definition) is 1. The molecule has 0 spiro atoms. The van der Waals surface area contributed by atoms with E-state index in [9.17, 15) is 19.5 Å². The van der Waals surface area contributed by atoms with Crippen LogP contribution in [0.2, 0.25) is 0 Å². The number of aryl methyl sites for hydroxylation is 1. The Morgan fingerprint density at radius 2 is 1.91 bits per heavy atom. The lowest BCUT2D eigenvalue weighted by Gasteiger charge is -2.30. The second-order valence-corrected chi connectivity index (χ2v) is 11.9. The molecule has 0 saturated carbocycles. The van der Waals surface area contributed by atoms with Gasteiger partial charge in [-0.1, -0.05) is 37.6 Å². The normalized spacial score (nSPS) is 20.6. The van der Waals surface area contributed by atoms with Crippen LogP contribution in [0.15, 0.2) is 67.0 Å². The number of nitrogens with zero attached hydrogens (tertiary/aromatic N) is 4. The molecule has 4 heterocycles. The van der Waals surface area contributed by atoms with E-state index in [1.165, 1.54) is 0 Å². The molecule has 0 bridgehead atoms. The quantitative estimate of drug-likeness (QED) is 0.336. The molecule has 3 atom stereocenters. The molecule has 230 valence electrons. The van der Waals surface area contributed by atoms with Gasteiger partial charge in [-0.2, -0.15) is 0 Å². The van der Waals surface area contributed by atoms with E-state index in [1.54, 1.807) is 4.90 Å². The fourth-order valence-electron chi connectivity index (χ4n) is 6.82. The highest BCUT2D eigenvalue weighted by atomic mass is 16.7. The van der Waals surface area contributed by atoms with Crippen molar-refractivity contribution in [1.82, 2.24) is 9.80 Å². The van der Waals surface area contributed by atoms with Gasteiger partial charge in [-0.15, -0.1) is 0 Å². The Balaban J connectivity index is 1.28. The first kappa shape index (κ1) is 29.6. The van der Waals surface area contributed by atoms with E-state index >= 15 is 0 Å². The second kappa shape index (κ2) is 12.7. The smallest absolute Gasteiger partial charge is 0.308 e. The molecule has 2 aromatic carbocycles. The number of anilines is 1. The van der Waals surface area contributed by atoms with Crippen LogP contribution >= 0.6 is 0 Å². The fourth-order valence-corrected chi connectivity index (χ4v) is 6.82. The van der Waals surface area contributed by atoms with Crippen LogP contribution in [0.5, 0.6) is 11.5 Å². The molecule has 1 aromatic heterocycles. The highest BCUT2D eigenvalue weighted by Crippen LogP contribution is 2.43. The number of hydrogen-bond acceptors (Lipinski definition) is 6. The third kappa shape index (κ3) is 5.86. The minimum Gasteiger partial charge on any atom is -0.481 e. The third-order valence-corrected chi connectivity index (χ3v) is 9.06. The maximum Gasteiger partial charge on any atom is 0.308 e. The number of benzene rings is 2. The number of carbonyl (C=O) groups is 3. The number of carboxylic acids is 1. The van der Waals surface area contributed by atoms with E-state index in [0.29, 0.717) is 49.7 Å². The van der Waals surface area contributed by atoms with Crippen molar-refractivity contribution in [3.63, 3.8) is 0 Å². The lowest BCUT2D eigenvalue weighted by Crippen LogP contribution is -2.46. The highest BCUT2D eigenvalue weighted by molar-refractivity contribution is 5.98. The summed E-state index contributed by atoms with van der Waals surface area (Å²) >= 11 is 0. The predicted molar refractivity (Wildman–Crippen MR) is 162 cm³/mol. The number of pyridine rings is 1. The monoisotopic (exact) mass is 599 g/mol. The minimum absolute atomic E-state index is 0.0388. The lowest BCUT2D eigenvalue weighted by atomic mass is 9.84. The number of carboxylic acid groups (broad SMARTS) is 1. The van der Waals surface area contributed by atoms with Crippen LogP contribution in [0.4, 0.5) is 5.69 Å². The number of ether oxygens (including phenoxy) is 2. The minimum atomic E-state index is -0.915. The van der Waals surface area contributed by atoms with Crippen LogP contribution in [0.25, 0.3) is 0 Å². The summed E-state index contributed by atoms with van der Waals surface area (Å²) < 4.78 is 13.0. The zero-order valence-corrected chi connectivity index (χ0v) is 25.2. The van der Waals surface area contributed by atoms with Gasteiger partial charge < -0.3 is 24.4 Å². The lowest BCUT2D eigenvalue weighted by molar-refractivity contribution is -0.670. The molecule has 2 amide bonds. The number of rotatable bonds is 11. The summed E-state index contributed by atoms with van der Waals surface area (Å²) in [5.41, 5.74) is 3.32. The van der Waals surface area contributed by atoms with Crippen LogP contribution in [0.1, 0.15) is 53.6 Å². The van der Waals surface area contributed by atoms with Crippen molar-refractivity contribution >= 4 is 23.5 Å². The fraction of sp³-hybridized carbons (Fsp3) is 0.412. The summed E-state index contributed by atoms with van der Waals surface area (Å²) in [6.45, 7) is 4.17. The Hall–Kier alpha value is -4.44. The van der Waals surface area contributed by atoms with Gasteiger partial charge in [-0.25, -0.2) is 4.57 Å². The summed E-state index contributed by atoms with van der Waals surface area (Å²) in [6, 6.07) is 16.6. The number of carbonyl (C=O) groups excluding carboxylic acids is 2. The maximum absolute atomic E-state index is 14.0. The average Bonchev–Trinajstić information content (AvgIpc) is 3.71. The van der Waals surface area contributed by atoms with Crippen molar-refractivity contribution in [2.75, 3.05) is 37.9 Å². The molecule has 3 aliphatic rings. The summed E-state index contributed by atoms with van der Waals surface area (Å²) in [7, 11) is 1.92. The van der Waals surface area contributed by atoms with E-state index in [2.05, 4.69) is 6.92 Å². The molecular weight excluding hydrogens is 560 g/mol. The van der Waals surface area contributed by atoms with Crippen molar-refractivity contribution in [2.45, 2.75) is 44.7 Å². The third-order valence-electron chi connectivity index (χ3n) is 9.06. The number of aliphatic carboxylic acids is 1. The molecule has 44 heavy (non-hydrogen) atoms. The van der Waals surface area contributed by atoms with Crippen LogP contribution in [-0.4, -0.2) is 71.7 Å². The molecule has 0 unspecified atom stereocenters. The molecule has 10 heteroatoms. The number of amides is 2. The number of likely N-dealkylation sites (tertiary alicyclic amines) is 1.